The van der Waals surface area contributed by atoms with Gasteiger partial charge in [-0.05, 0) is 26.7 Å². The van der Waals surface area contributed by atoms with Gasteiger partial charge >= 0.3 is 0 Å². The molecule has 0 aromatic heterocycles. The predicted octanol–water partition coefficient (Wildman–Crippen LogP) is 1.86. The molecule has 1 saturated heterocycles. The molecule has 1 fully saturated rings. The lowest BCUT2D eigenvalue weighted by atomic mass is 9.93. The van der Waals surface area contributed by atoms with E-state index in [1.165, 1.54) is 0 Å². The zero-order valence-electron chi connectivity index (χ0n) is 8.84. The van der Waals surface area contributed by atoms with Crippen molar-refractivity contribution < 1.29 is 4.79 Å². The fourth-order valence-corrected chi connectivity index (χ4v) is 1.65. The summed E-state index contributed by atoms with van der Waals surface area (Å²) < 4.78 is 0. The van der Waals surface area contributed by atoms with Gasteiger partial charge in [0.1, 0.15) is 5.78 Å². The van der Waals surface area contributed by atoms with E-state index in [-0.39, 0.29) is 5.54 Å². The summed E-state index contributed by atoms with van der Waals surface area (Å²) in [6.45, 7) is 11.8. The Morgan fingerprint density at radius 1 is 1.54 bits per heavy atom. The average Bonchev–Trinajstić information content (AvgIpc) is 2.01. The number of nitrogens with zero attached hydrogens (tertiary/aromatic N) is 1. The minimum absolute atomic E-state index is 0.0946. The molecule has 1 aliphatic rings. The second-order valence-corrected chi connectivity index (χ2v) is 4.79. The number of rotatable bonds is 1. The van der Waals surface area contributed by atoms with E-state index in [1.807, 2.05) is 6.08 Å². The van der Waals surface area contributed by atoms with Crippen molar-refractivity contribution in [3.8, 4) is 0 Å². The maximum atomic E-state index is 11.4. The molecule has 1 rings (SSSR count). The van der Waals surface area contributed by atoms with Crippen LogP contribution in [0.4, 0.5) is 0 Å². The number of carbonyl (C=O) groups is 1. The van der Waals surface area contributed by atoms with Gasteiger partial charge in [0.2, 0.25) is 0 Å². The van der Waals surface area contributed by atoms with Crippen molar-refractivity contribution in [2.75, 3.05) is 13.1 Å². The Labute approximate surface area is 80.6 Å². The summed E-state index contributed by atoms with van der Waals surface area (Å²) in [6, 6.07) is 0. The van der Waals surface area contributed by atoms with Crippen molar-refractivity contribution in [2.24, 2.45) is 5.92 Å². The Balaban J connectivity index is 2.67. The molecule has 0 radical (unpaired) electrons. The standard InChI is InChI=1S/C11H19NO/c1-5-9-6-10(13)8-12(7-9)11(2,3)4/h5,9H,1,6-8H2,2-4H3. The Kier molecular flexibility index (Phi) is 2.91. The first-order valence-corrected chi connectivity index (χ1v) is 4.83. The maximum Gasteiger partial charge on any atom is 0.147 e. The van der Waals surface area contributed by atoms with E-state index in [9.17, 15) is 4.79 Å². The molecule has 1 unspecified atom stereocenters. The van der Waals surface area contributed by atoms with Crippen LogP contribution in [0.3, 0.4) is 0 Å². The lowest BCUT2D eigenvalue weighted by Gasteiger charge is -2.40. The quantitative estimate of drug-likeness (QED) is 0.575. The molecule has 1 atom stereocenters. The van der Waals surface area contributed by atoms with Gasteiger partial charge in [0.15, 0.2) is 0 Å². The normalized spacial score (nSPS) is 26.1. The molecule has 2 nitrogen and oxygen atoms in total. The first-order valence-electron chi connectivity index (χ1n) is 4.83. The van der Waals surface area contributed by atoms with Crippen LogP contribution in [0.2, 0.25) is 0 Å². The fourth-order valence-electron chi connectivity index (χ4n) is 1.65. The van der Waals surface area contributed by atoms with Crippen LogP contribution in [0.15, 0.2) is 12.7 Å². The van der Waals surface area contributed by atoms with Crippen LogP contribution in [0.5, 0.6) is 0 Å². The number of likely N-dealkylation sites (tertiary alicyclic amines) is 1. The summed E-state index contributed by atoms with van der Waals surface area (Å²) in [5.41, 5.74) is 0.0946. The van der Waals surface area contributed by atoms with E-state index < -0.39 is 0 Å². The predicted molar refractivity (Wildman–Crippen MR) is 54.6 cm³/mol. The molecule has 0 aromatic rings. The van der Waals surface area contributed by atoms with Crippen LogP contribution in [0.25, 0.3) is 0 Å². The number of carbonyl (C=O) groups excluding carboxylic acids is 1. The second-order valence-electron chi connectivity index (χ2n) is 4.79. The van der Waals surface area contributed by atoms with E-state index in [1.54, 1.807) is 0 Å². The molecule has 74 valence electrons. The van der Waals surface area contributed by atoms with E-state index >= 15 is 0 Å². The minimum Gasteiger partial charge on any atom is -0.298 e. The SMILES string of the molecule is C=CC1CC(=O)CN(C(C)(C)C)C1. The molecule has 0 spiro atoms. The fraction of sp³-hybridized carbons (Fsp3) is 0.727. The zero-order valence-corrected chi connectivity index (χ0v) is 8.84. The van der Waals surface area contributed by atoms with Gasteiger partial charge in [-0.25, -0.2) is 0 Å². The highest BCUT2D eigenvalue weighted by atomic mass is 16.1. The van der Waals surface area contributed by atoms with Crippen LogP contribution >= 0.6 is 0 Å². The molecular weight excluding hydrogens is 162 g/mol. The third-order valence-electron chi connectivity index (χ3n) is 2.59. The van der Waals surface area contributed by atoms with Crippen LogP contribution in [-0.4, -0.2) is 29.3 Å². The van der Waals surface area contributed by atoms with Crippen molar-refractivity contribution in [2.45, 2.75) is 32.7 Å². The molecular formula is C11H19NO. The van der Waals surface area contributed by atoms with E-state index in [0.29, 0.717) is 24.7 Å². The number of ketones is 1. The molecule has 0 amide bonds. The molecule has 1 aliphatic heterocycles. The molecule has 0 aromatic carbocycles. The van der Waals surface area contributed by atoms with E-state index in [4.69, 9.17) is 0 Å². The maximum absolute atomic E-state index is 11.4. The van der Waals surface area contributed by atoms with E-state index in [2.05, 4.69) is 32.3 Å². The summed E-state index contributed by atoms with van der Waals surface area (Å²) in [5, 5.41) is 0. The lowest BCUT2D eigenvalue weighted by Crippen LogP contribution is -2.50. The lowest BCUT2D eigenvalue weighted by molar-refractivity contribution is -0.125. The van der Waals surface area contributed by atoms with Gasteiger partial charge in [-0.2, -0.15) is 0 Å². The molecule has 1 heterocycles. The van der Waals surface area contributed by atoms with Gasteiger partial charge in [0.25, 0.3) is 0 Å². The first-order chi connectivity index (χ1) is 5.93. The topological polar surface area (TPSA) is 20.3 Å². The third-order valence-corrected chi connectivity index (χ3v) is 2.59. The van der Waals surface area contributed by atoms with Gasteiger partial charge in [-0.15, -0.1) is 6.58 Å². The Morgan fingerprint density at radius 2 is 2.15 bits per heavy atom. The third kappa shape index (κ3) is 2.66. The Bertz CT molecular complexity index is 215. The molecule has 2 heteroatoms. The largest absolute Gasteiger partial charge is 0.298 e. The van der Waals surface area contributed by atoms with Crippen molar-refractivity contribution in [1.82, 2.24) is 4.90 Å². The first kappa shape index (κ1) is 10.5. The highest BCUT2D eigenvalue weighted by molar-refractivity contribution is 5.81. The molecule has 0 N–H and O–H groups in total. The van der Waals surface area contributed by atoms with Gasteiger partial charge in [-0.3, -0.25) is 9.69 Å². The Hall–Kier alpha value is -0.630. The van der Waals surface area contributed by atoms with Crippen LogP contribution < -0.4 is 0 Å². The highest BCUT2D eigenvalue weighted by Gasteiger charge is 2.30. The summed E-state index contributed by atoms with van der Waals surface area (Å²) in [4.78, 5) is 13.6. The summed E-state index contributed by atoms with van der Waals surface area (Å²) in [7, 11) is 0. The smallest absolute Gasteiger partial charge is 0.147 e. The average molecular weight is 181 g/mol. The number of hydrogen-bond donors (Lipinski definition) is 0. The zero-order chi connectivity index (χ0) is 10.1. The summed E-state index contributed by atoms with van der Waals surface area (Å²) in [5.74, 6) is 0.687. The minimum atomic E-state index is 0.0946. The highest BCUT2D eigenvalue weighted by Crippen LogP contribution is 2.22. The van der Waals surface area contributed by atoms with Crippen LogP contribution in [-0.2, 0) is 4.79 Å². The number of piperidine rings is 1. The molecule has 0 aliphatic carbocycles. The van der Waals surface area contributed by atoms with Crippen molar-refractivity contribution in [3.05, 3.63) is 12.7 Å². The van der Waals surface area contributed by atoms with Crippen molar-refractivity contribution in [1.29, 1.82) is 0 Å². The van der Waals surface area contributed by atoms with Crippen LogP contribution in [0, 0.1) is 5.92 Å². The second kappa shape index (κ2) is 3.62. The Morgan fingerprint density at radius 3 is 2.62 bits per heavy atom. The molecule has 13 heavy (non-hydrogen) atoms. The molecule has 0 saturated carbocycles. The van der Waals surface area contributed by atoms with Crippen LogP contribution in [0.1, 0.15) is 27.2 Å². The number of hydrogen-bond acceptors (Lipinski definition) is 2. The van der Waals surface area contributed by atoms with Gasteiger partial charge in [0, 0.05) is 18.5 Å². The van der Waals surface area contributed by atoms with Gasteiger partial charge in [0.05, 0.1) is 6.54 Å². The summed E-state index contributed by atoms with van der Waals surface area (Å²) >= 11 is 0. The van der Waals surface area contributed by atoms with Crippen molar-refractivity contribution >= 4 is 5.78 Å². The monoisotopic (exact) mass is 181 g/mol. The van der Waals surface area contributed by atoms with Crippen molar-refractivity contribution in [3.63, 3.8) is 0 Å². The molecule has 0 bridgehead atoms. The van der Waals surface area contributed by atoms with Gasteiger partial charge < -0.3 is 0 Å². The number of Topliss-reactive ketones (excluding diaryl/α,β-unsaturated/α-hetero) is 1. The van der Waals surface area contributed by atoms with E-state index in [0.717, 1.165) is 6.54 Å². The van der Waals surface area contributed by atoms with Gasteiger partial charge in [-0.1, -0.05) is 6.08 Å². The summed E-state index contributed by atoms with van der Waals surface area (Å²) in [6.07, 6.45) is 2.58.